The monoisotopic (exact) mass is 291 g/mol. The first kappa shape index (κ1) is 14.5. The Morgan fingerprint density at radius 2 is 2.10 bits per heavy atom. The minimum absolute atomic E-state index is 0.0737. The molecule has 2 aromatic rings. The molecule has 0 bridgehead atoms. The highest BCUT2D eigenvalue weighted by Crippen LogP contribution is 2.22. The van der Waals surface area contributed by atoms with Gasteiger partial charge in [-0.15, -0.1) is 11.3 Å². The molecule has 0 aliphatic carbocycles. The number of esters is 1. The Labute approximate surface area is 122 Å². The Balaban J connectivity index is 2.14. The van der Waals surface area contributed by atoms with E-state index in [0.29, 0.717) is 11.3 Å². The van der Waals surface area contributed by atoms with E-state index in [-0.39, 0.29) is 12.0 Å². The summed E-state index contributed by atoms with van der Waals surface area (Å²) in [4.78, 5) is 20.3. The Morgan fingerprint density at radius 1 is 1.35 bits per heavy atom. The molecule has 0 fully saturated rings. The number of aryl methyl sites for hydroxylation is 2. The summed E-state index contributed by atoms with van der Waals surface area (Å²) in [6.45, 7) is 5.79. The number of pyridine rings is 1. The number of rotatable bonds is 4. The highest BCUT2D eigenvalue weighted by molar-refractivity contribution is 7.09. The topological polar surface area (TPSA) is 64.1 Å². The molecule has 1 N–H and O–H groups in total. The minimum Gasteiger partial charge on any atom is -0.465 e. The van der Waals surface area contributed by atoms with E-state index in [1.54, 1.807) is 30.4 Å². The summed E-state index contributed by atoms with van der Waals surface area (Å²) >= 11 is 1.62. The fraction of sp³-hybridized carbons (Fsp3) is 0.357. The van der Waals surface area contributed by atoms with Gasteiger partial charge in [-0.25, -0.2) is 14.8 Å². The molecule has 5 nitrogen and oxygen atoms in total. The van der Waals surface area contributed by atoms with E-state index >= 15 is 0 Å². The zero-order chi connectivity index (χ0) is 14.7. The highest BCUT2D eigenvalue weighted by atomic mass is 32.1. The van der Waals surface area contributed by atoms with Crippen LogP contribution in [0.25, 0.3) is 0 Å². The Hall–Kier alpha value is -1.95. The summed E-state index contributed by atoms with van der Waals surface area (Å²) in [6.07, 6.45) is 0. The number of carbonyl (C=O) groups excluding carboxylic acids is 1. The number of hydrogen-bond acceptors (Lipinski definition) is 6. The second-order valence-electron chi connectivity index (χ2n) is 4.51. The lowest BCUT2D eigenvalue weighted by Gasteiger charge is -2.13. The molecular weight excluding hydrogens is 274 g/mol. The van der Waals surface area contributed by atoms with Crippen molar-refractivity contribution in [2.75, 3.05) is 12.4 Å². The molecule has 0 saturated carbocycles. The molecule has 0 spiro atoms. The van der Waals surface area contributed by atoms with Gasteiger partial charge in [0.25, 0.3) is 0 Å². The number of hydrogen-bond donors (Lipinski definition) is 1. The number of thiazole rings is 1. The third-order valence-corrected chi connectivity index (χ3v) is 4.01. The van der Waals surface area contributed by atoms with E-state index in [0.717, 1.165) is 16.5 Å². The molecule has 1 atom stereocenters. The van der Waals surface area contributed by atoms with Crippen LogP contribution in [0.15, 0.2) is 17.5 Å². The fourth-order valence-electron chi connectivity index (χ4n) is 1.82. The van der Waals surface area contributed by atoms with Crippen molar-refractivity contribution in [1.82, 2.24) is 9.97 Å². The summed E-state index contributed by atoms with van der Waals surface area (Å²) < 4.78 is 4.70. The lowest BCUT2D eigenvalue weighted by Crippen LogP contribution is -2.10. The second-order valence-corrected chi connectivity index (χ2v) is 5.40. The first-order valence-electron chi connectivity index (χ1n) is 6.25. The first-order chi connectivity index (χ1) is 9.51. The Morgan fingerprint density at radius 3 is 2.65 bits per heavy atom. The van der Waals surface area contributed by atoms with Crippen molar-refractivity contribution < 1.29 is 9.53 Å². The molecule has 6 heteroatoms. The van der Waals surface area contributed by atoms with Crippen molar-refractivity contribution in [3.63, 3.8) is 0 Å². The van der Waals surface area contributed by atoms with Gasteiger partial charge < -0.3 is 10.1 Å². The maximum atomic E-state index is 11.5. The molecule has 20 heavy (non-hydrogen) atoms. The fourth-order valence-corrected chi connectivity index (χ4v) is 2.63. The van der Waals surface area contributed by atoms with E-state index < -0.39 is 0 Å². The normalized spacial score (nSPS) is 12.0. The summed E-state index contributed by atoms with van der Waals surface area (Å²) in [5.41, 5.74) is 2.14. The Kier molecular flexibility index (Phi) is 4.34. The van der Waals surface area contributed by atoms with E-state index in [1.807, 2.05) is 19.2 Å². The largest absolute Gasteiger partial charge is 0.465 e. The zero-order valence-corrected chi connectivity index (χ0v) is 12.7. The highest BCUT2D eigenvalue weighted by Gasteiger charge is 2.13. The van der Waals surface area contributed by atoms with Crippen molar-refractivity contribution in [2.45, 2.75) is 26.8 Å². The van der Waals surface area contributed by atoms with Crippen LogP contribution in [0, 0.1) is 13.8 Å². The molecule has 0 amide bonds. The third-order valence-electron chi connectivity index (χ3n) is 2.86. The summed E-state index contributed by atoms with van der Waals surface area (Å²) in [6, 6.07) is 3.57. The number of nitrogens with zero attached hydrogens (tertiary/aromatic N) is 2. The smallest absolute Gasteiger partial charge is 0.339 e. The number of ether oxygens (including phenoxy) is 1. The van der Waals surface area contributed by atoms with Gasteiger partial charge in [0.2, 0.25) is 0 Å². The molecule has 2 aromatic heterocycles. The van der Waals surface area contributed by atoms with E-state index in [9.17, 15) is 4.79 Å². The number of anilines is 1. The van der Waals surface area contributed by atoms with Crippen LogP contribution < -0.4 is 5.32 Å². The molecule has 106 valence electrons. The van der Waals surface area contributed by atoms with Gasteiger partial charge in [0, 0.05) is 11.1 Å². The molecular formula is C14H17N3O2S. The number of nitrogens with one attached hydrogen (secondary N) is 1. The first-order valence-corrected chi connectivity index (χ1v) is 7.13. The SMILES string of the molecule is COC(=O)c1ccc(NC(C)c2nc(C)cs2)nc1C. The summed E-state index contributed by atoms with van der Waals surface area (Å²) in [5, 5.41) is 6.31. The van der Waals surface area contributed by atoms with Crippen LogP contribution >= 0.6 is 11.3 Å². The van der Waals surface area contributed by atoms with Crippen molar-refractivity contribution in [1.29, 1.82) is 0 Å². The molecule has 0 aliphatic rings. The van der Waals surface area contributed by atoms with Gasteiger partial charge in [0.15, 0.2) is 0 Å². The van der Waals surface area contributed by atoms with E-state index in [2.05, 4.69) is 15.3 Å². The molecule has 0 aromatic carbocycles. The van der Waals surface area contributed by atoms with Gasteiger partial charge in [0.1, 0.15) is 10.8 Å². The van der Waals surface area contributed by atoms with E-state index in [4.69, 9.17) is 4.74 Å². The predicted molar refractivity (Wildman–Crippen MR) is 79.2 cm³/mol. The third kappa shape index (κ3) is 3.14. The van der Waals surface area contributed by atoms with Gasteiger partial charge in [-0.3, -0.25) is 0 Å². The van der Waals surface area contributed by atoms with Crippen LogP contribution in [0.1, 0.15) is 39.7 Å². The van der Waals surface area contributed by atoms with Crippen LogP contribution in [0.2, 0.25) is 0 Å². The average Bonchev–Trinajstić information content (AvgIpc) is 2.85. The van der Waals surface area contributed by atoms with Crippen LogP contribution in [-0.2, 0) is 4.74 Å². The van der Waals surface area contributed by atoms with Crippen LogP contribution in [0.5, 0.6) is 0 Å². The average molecular weight is 291 g/mol. The second kappa shape index (κ2) is 6.00. The minimum atomic E-state index is -0.370. The van der Waals surface area contributed by atoms with Crippen LogP contribution in [-0.4, -0.2) is 23.0 Å². The number of methoxy groups -OCH3 is 1. The maximum Gasteiger partial charge on any atom is 0.339 e. The van der Waals surface area contributed by atoms with Crippen LogP contribution in [0.4, 0.5) is 5.82 Å². The quantitative estimate of drug-likeness (QED) is 0.877. The van der Waals surface area contributed by atoms with Crippen molar-refractivity contribution in [3.05, 3.63) is 39.5 Å². The molecule has 1 unspecified atom stereocenters. The van der Waals surface area contributed by atoms with Gasteiger partial charge in [0.05, 0.1) is 24.4 Å². The molecule has 0 saturated heterocycles. The lowest BCUT2D eigenvalue weighted by molar-refractivity contribution is 0.0599. The van der Waals surface area contributed by atoms with Crippen molar-refractivity contribution in [3.8, 4) is 0 Å². The van der Waals surface area contributed by atoms with Crippen molar-refractivity contribution >= 4 is 23.1 Å². The van der Waals surface area contributed by atoms with Crippen LogP contribution in [0.3, 0.4) is 0 Å². The molecule has 0 radical (unpaired) electrons. The number of aromatic nitrogens is 2. The standard InChI is InChI=1S/C14H17N3O2S/c1-8-7-20-13(15-8)10(3)17-12-6-5-11(9(2)16-12)14(18)19-4/h5-7,10H,1-4H3,(H,16,17). The molecule has 0 aliphatic heterocycles. The van der Waals surface area contributed by atoms with E-state index in [1.165, 1.54) is 7.11 Å². The summed E-state index contributed by atoms with van der Waals surface area (Å²) in [5.74, 6) is 0.348. The van der Waals surface area contributed by atoms with Gasteiger partial charge in [-0.1, -0.05) is 0 Å². The molecule has 2 rings (SSSR count). The maximum absolute atomic E-state index is 11.5. The van der Waals surface area contributed by atoms with Gasteiger partial charge in [-0.05, 0) is 32.9 Å². The lowest BCUT2D eigenvalue weighted by atomic mass is 10.2. The molecule has 2 heterocycles. The Bertz CT molecular complexity index is 625. The van der Waals surface area contributed by atoms with Gasteiger partial charge in [-0.2, -0.15) is 0 Å². The summed E-state index contributed by atoms with van der Waals surface area (Å²) in [7, 11) is 1.36. The van der Waals surface area contributed by atoms with Gasteiger partial charge >= 0.3 is 5.97 Å². The predicted octanol–water partition coefficient (Wildman–Crippen LogP) is 3.11. The van der Waals surface area contributed by atoms with Crippen molar-refractivity contribution in [2.24, 2.45) is 0 Å². The zero-order valence-electron chi connectivity index (χ0n) is 11.9. The number of carbonyl (C=O) groups is 1.